The standard InChI is InChI=1S/C18H20N2O2/c1-11-6-8-15(14(4)9-11)19-17(21)18(22)20-16-10-12(2)5-7-13(16)3/h5-10H,1-4H3,(H,19,21)(H,20,22). The van der Waals surface area contributed by atoms with Crippen LogP contribution in [0.3, 0.4) is 0 Å². The van der Waals surface area contributed by atoms with E-state index in [1.165, 1.54) is 0 Å². The average Bonchev–Trinajstić information content (AvgIpc) is 2.45. The highest BCUT2D eigenvalue weighted by atomic mass is 16.2. The Labute approximate surface area is 130 Å². The first kappa shape index (κ1) is 15.8. The van der Waals surface area contributed by atoms with Gasteiger partial charge in [0.1, 0.15) is 0 Å². The number of amides is 2. The maximum absolute atomic E-state index is 12.0. The topological polar surface area (TPSA) is 58.2 Å². The van der Waals surface area contributed by atoms with E-state index in [1.54, 1.807) is 6.07 Å². The molecule has 114 valence electrons. The third-order valence-corrected chi connectivity index (χ3v) is 3.48. The maximum Gasteiger partial charge on any atom is 0.314 e. The molecule has 0 aliphatic heterocycles. The molecule has 0 spiro atoms. The van der Waals surface area contributed by atoms with Crippen molar-refractivity contribution in [2.24, 2.45) is 0 Å². The fraction of sp³-hybridized carbons (Fsp3) is 0.222. The van der Waals surface area contributed by atoms with Crippen molar-refractivity contribution < 1.29 is 9.59 Å². The van der Waals surface area contributed by atoms with Gasteiger partial charge in [-0.25, -0.2) is 0 Å². The summed E-state index contributed by atoms with van der Waals surface area (Å²) in [5, 5.41) is 5.29. The number of aryl methyl sites for hydroxylation is 4. The number of hydrogen-bond donors (Lipinski definition) is 2. The molecule has 2 rings (SSSR count). The van der Waals surface area contributed by atoms with Crippen molar-refractivity contribution in [1.82, 2.24) is 0 Å². The Kier molecular flexibility index (Phi) is 4.61. The number of hydrogen-bond acceptors (Lipinski definition) is 2. The van der Waals surface area contributed by atoms with Crippen LogP contribution >= 0.6 is 0 Å². The molecule has 2 N–H and O–H groups in total. The van der Waals surface area contributed by atoms with Crippen molar-refractivity contribution >= 4 is 23.2 Å². The second-order valence-electron chi connectivity index (χ2n) is 5.54. The van der Waals surface area contributed by atoms with E-state index in [4.69, 9.17) is 0 Å². The number of nitrogens with one attached hydrogen (secondary N) is 2. The van der Waals surface area contributed by atoms with Crippen LogP contribution in [0.4, 0.5) is 11.4 Å². The molecular weight excluding hydrogens is 276 g/mol. The van der Waals surface area contributed by atoms with Crippen molar-refractivity contribution in [2.45, 2.75) is 27.7 Å². The van der Waals surface area contributed by atoms with Gasteiger partial charge in [-0.05, 0) is 56.5 Å². The summed E-state index contributed by atoms with van der Waals surface area (Å²) >= 11 is 0. The molecule has 0 aliphatic carbocycles. The van der Waals surface area contributed by atoms with Gasteiger partial charge in [0.2, 0.25) is 0 Å². The predicted molar refractivity (Wildman–Crippen MR) is 89.1 cm³/mol. The number of rotatable bonds is 2. The van der Waals surface area contributed by atoms with Gasteiger partial charge in [-0.3, -0.25) is 9.59 Å². The summed E-state index contributed by atoms with van der Waals surface area (Å²) in [5.74, 6) is -1.35. The maximum atomic E-state index is 12.0. The summed E-state index contributed by atoms with van der Waals surface area (Å²) < 4.78 is 0. The minimum Gasteiger partial charge on any atom is -0.318 e. The first-order valence-corrected chi connectivity index (χ1v) is 7.13. The van der Waals surface area contributed by atoms with Gasteiger partial charge in [-0.2, -0.15) is 0 Å². The van der Waals surface area contributed by atoms with E-state index in [9.17, 15) is 9.59 Å². The van der Waals surface area contributed by atoms with Crippen LogP contribution in [-0.4, -0.2) is 11.8 Å². The van der Waals surface area contributed by atoms with Crippen molar-refractivity contribution in [1.29, 1.82) is 0 Å². The lowest BCUT2D eigenvalue weighted by Crippen LogP contribution is -2.29. The van der Waals surface area contributed by atoms with Crippen LogP contribution in [0.25, 0.3) is 0 Å². The van der Waals surface area contributed by atoms with Crippen molar-refractivity contribution in [3.8, 4) is 0 Å². The predicted octanol–water partition coefficient (Wildman–Crippen LogP) is 3.50. The molecule has 0 fully saturated rings. The Hall–Kier alpha value is -2.62. The van der Waals surface area contributed by atoms with E-state index in [-0.39, 0.29) is 0 Å². The van der Waals surface area contributed by atoms with Gasteiger partial charge in [0, 0.05) is 11.4 Å². The Morgan fingerprint density at radius 2 is 1.23 bits per heavy atom. The Morgan fingerprint density at radius 1 is 0.682 bits per heavy atom. The molecule has 4 nitrogen and oxygen atoms in total. The van der Waals surface area contributed by atoms with Gasteiger partial charge >= 0.3 is 11.8 Å². The molecule has 0 bridgehead atoms. The molecule has 0 saturated heterocycles. The highest BCUT2D eigenvalue weighted by molar-refractivity contribution is 6.43. The number of benzene rings is 2. The zero-order valence-corrected chi connectivity index (χ0v) is 13.3. The summed E-state index contributed by atoms with van der Waals surface area (Å²) in [7, 11) is 0. The minimum absolute atomic E-state index is 0.645. The third kappa shape index (κ3) is 3.73. The Morgan fingerprint density at radius 3 is 1.86 bits per heavy atom. The smallest absolute Gasteiger partial charge is 0.314 e. The van der Waals surface area contributed by atoms with E-state index in [0.29, 0.717) is 11.4 Å². The summed E-state index contributed by atoms with van der Waals surface area (Å²) in [6, 6.07) is 11.4. The zero-order chi connectivity index (χ0) is 16.3. The molecule has 0 aliphatic rings. The second kappa shape index (κ2) is 6.43. The lowest BCUT2D eigenvalue weighted by atomic mass is 10.1. The molecule has 0 atom stereocenters. The molecule has 0 aromatic heterocycles. The van der Waals surface area contributed by atoms with E-state index in [1.807, 2.05) is 58.0 Å². The first-order valence-electron chi connectivity index (χ1n) is 7.13. The Bertz CT molecular complexity index is 736. The van der Waals surface area contributed by atoms with Gasteiger partial charge < -0.3 is 10.6 Å². The molecule has 0 radical (unpaired) electrons. The molecule has 2 aromatic rings. The van der Waals surface area contributed by atoms with Crippen molar-refractivity contribution in [3.05, 3.63) is 58.7 Å². The van der Waals surface area contributed by atoms with Crippen molar-refractivity contribution in [3.63, 3.8) is 0 Å². The van der Waals surface area contributed by atoms with E-state index < -0.39 is 11.8 Å². The molecule has 22 heavy (non-hydrogen) atoms. The molecular formula is C18H20N2O2. The molecule has 0 saturated carbocycles. The average molecular weight is 296 g/mol. The van der Waals surface area contributed by atoms with Crippen LogP contribution in [0.2, 0.25) is 0 Å². The number of carbonyl (C=O) groups is 2. The van der Waals surface area contributed by atoms with Gasteiger partial charge in [-0.15, -0.1) is 0 Å². The van der Waals surface area contributed by atoms with E-state index >= 15 is 0 Å². The second-order valence-corrected chi connectivity index (χ2v) is 5.54. The highest BCUT2D eigenvalue weighted by Crippen LogP contribution is 2.18. The SMILES string of the molecule is Cc1ccc(NC(=O)C(=O)Nc2cc(C)ccc2C)c(C)c1. The van der Waals surface area contributed by atoms with Gasteiger partial charge in [0.25, 0.3) is 0 Å². The van der Waals surface area contributed by atoms with Crippen LogP contribution in [0.15, 0.2) is 36.4 Å². The van der Waals surface area contributed by atoms with Crippen LogP contribution in [0.5, 0.6) is 0 Å². The summed E-state index contributed by atoms with van der Waals surface area (Å²) in [5.41, 5.74) is 5.27. The number of carbonyl (C=O) groups excluding carboxylic acids is 2. The lowest BCUT2D eigenvalue weighted by molar-refractivity contribution is -0.133. The van der Waals surface area contributed by atoms with Crippen LogP contribution in [0.1, 0.15) is 22.3 Å². The number of anilines is 2. The molecule has 4 heteroatoms. The summed E-state index contributed by atoms with van der Waals surface area (Å²) in [6.45, 7) is 7.69. The molecule has 2 amide bonds. The minimum atomic E-state index is -0.673. The zero-order valence-electron chi connectivity index (χ0n) is 13.3. The highest BCUT2D eigenvalue weighted by Gasteiger charge is 2.15. The van der Waals surface area contributed by atoms with E-state index in [0.717, 1.165) is 22.3 Å². The van der Waals surface area contributed by atoms with E-state index in [2.05, 4.69) is 10.6 Å². The van der Waals surface area contributed by atoms with Gasteiger partial charge in [0.05, 0.1) is 0 Å². The first-order chi connectivity index (χ1) is 10.4. The quantitative estimate of drug-likeness (QED) is 0.833. The fourth-order valence-corrected chi connectivity index (χ4v) is 2.18. The fourth-order valence-electron chi connectivity index (χ4n) is 2.18. The third-order valence-electron chi connectivity index (χ3n) is 3.48. The summed E-state index contributed by atoms with van der Waals surface area (Å²) in [4.78, 5) is 24.1. The van der Waals surface area contributed by atoms with Crippen LogP contribution in [-0.2, 0) is 9.59 Å². The lowest BCUT2D eigenvalue weighted by Gasteiger charge is -2.11. The molecule has 0 unspecified atom stereocenters. The van der Waals surface area contributed by atoms with Gasteiger partial charge in [0.15, 0.2) is 0 Å². The van der Waals surface area contributed by atoms with Gasteiger partial charge in [-0.1, -0.05) is 29.8 Å². The normalized spacial score (nSPS) is 10.2. The monoisotopic (exact) mass is 296 g/mol. The van der Waals surface area contributed by atoms with Crippen molar-refractivity contribution in [2.75, 3.05) is 10.6 Å². The van der Waals surface area contributed by atoms with Crippen LogP contribution in [0, 0.1) is 27.7 Å². The molecule has 2 aromatic carbocycles. The summed E-state index contributed by atoms with van der Waals surface area (Å²) in [6.07, 6.45) is 0. The van der Waals surface area contributed by atoms with Crippen LogP contribution < -0.4 is 10.6 Å². The Balaban J connectivity index is 2.09. The largest absolute Gasteiger partial charge is 0.318 e. The molecule has 0 heterocycles.